The Balaban J connectivity index is 1.52. The molecule has 4 nitrogen and oxygen atoms in total. The Labute approximate surface area is 209 Å². The molecule has 0 saturated heterocycles. The van der Waals surface area contributed by atoms with Crippen LogP contribution in [0.15, 0.2) is 76.5 Å². The molecule has 3 aromatic rings. The van der Waals surface area contributed by atoms with Crippen LogP contribution in [0.4, 0.5) is 10.1 Å². The number of nitrogens with one attached hydrogen (secondary N) is 1. The second kappa shape index (κ2) is 9.86. The lowest BCUT2D eigenvalue weighted by Gasteiger charge is -2.34. The summed E-state index contributed by atoms with van der Waals surface area (Å²) in [5.74, 6) is 0.287. The molecule has 0 bridgehead atoms. The summed E-state index contributed by atoms with van der Waals surface area (Å²) in [6.45, 7) is 4.52. The van der Waals surface area contributed by atoms with Crippen molar-refractivity contribution >= 4 is 29.3 Å². The van der Waals surface area contributed by atoms with Crippen molar-refractivity contribution in [3.05, 3.63) is 89.2 Å². The number of anilines is 1. The third-order valence-corrected chi connectivity index (χ3v) is 8.55. The monoisotopic (exact) mass is 488 g/mol. The summed E-state index contributed by atoms with van der Waals surface area (Å²) >= 11 is 1.49. The first-order valence-electron chi connectivity index (χ1n) is 12.2. The molecule has 0 aromatic heterocycles. The normalized spacial score (nSPS) is 21.6. The molecule has 0 spiro atoms. The van der Waals surface area contributed by atoms with Crippen molar-refractivity contribution in [1.82, 2.24) is 5.32 Å². The van der Waals surface area contributed by atoms with E-state index in [1.807, 2.05) is 30.3 Å². The number of fused-ring (bicyclic) bond motifs is 2. The molecule has 0 radical (unpaired) electrons. The molecular formula is C29H29FN2O2S. The fraction of sp³-hybridized carbons (Fsp3) is 0.310. The first kappa shape index (κ1) is 23.6. The minimum absolute atomic E-state index is 0.0790. The average Bonchev–Trinajstić information content (AvgIpc) is 2.97. The molecular weight excluding hydrogens is 459 g/mol. The Kier molecular flexibility index (Phi) is 6.65. The molecule has 180 valence electrons. The third kappa shape index (κ3) is 4.72. The largest absolute Gasteiger partial charge is 0.349 e. The van der Waals surface area contributed by atoms with Gasteiger partial charge in [0, 0.05) is 27.0 Å². The Hall–Kier alpha value is -3.12. The van der Waals surface area contributed by atoms with E-state index < -0.39 is 0 Å². The summed E-state index contributed by atoms with van der Waals surface area (Å²) in [5, 5.41) is 3.23. The van der Waals surface area contributed by atoms with Gasteiger partial charge in [-0.2, -0.15) is 0 Å². The van der Waals surface area contributed by atoms with Gasteiger partial charge in [-0.25, -0.2) is 4.39 Å². The fourth-order valence-corrected chi connectivity index (χ4v) is 6.11. The quantitative estimate of drug-likeness (QED) is 0.445. The lowest BCUT2D eigenvalue weighted by atomic mass is 9.78. The summed E-state index contributed by atoms with van der Waals surface area (Å²) < 4.78 is 14.6. The molecule has 2 amide bonds. The van der Waals surface area contributed by atoms with Gasteiger partial charge in [0.2, 0.25) is 0 Å². The predicted molar refractivity (Wildman–Crippen MR) is 137 cm³/mol. The van der Waals surface area contributed by atoms with Crippen molar-refractivity contribution in [1.29, 1.82) is 0 Å². The number of benzene rings is 3. The molecule has 2 aliphatic rings. The van der Waals surface area contributed by atoms with Gasteiger partial charge in [0.05, 0.1) is 17.8 Å². The molecule has 1 N–H and O–H groups in total. The number of carbonyl (C=O) groups excluding carboxylic acids is 2. The Morgan fingerprint density at radius 2 is 1.80 bits per heavy atom. The Bertz CT molecular complexity index is 1280. The van der Waals surface area contributed by atoms with Gasteiger partial charge in [-0.05, 0) is 54.7 Å². The zero-order valence-corrected chi connectivity index (χ0v) is 20.8. The number of nitrogens with zero attached hydrogens (tertiary/aromatic N) is 1. The van der Waals surface area contributed by atoms with E-state index in [0.717, 1.165) is 22.6 Å². The van der Waals surface area contributed by atoms with Crippen LogP contribution in [0.2, 0.25) is 0 Å². The zero-order valence-electron chi connectivity index (χ0n) is 20.0. The van der Waals surface area contributed by atoms with Crippen LogP contribution in [0.3, 0.4) is 0 Å². The highest BCUT2D eigenvalue weighted by Gasteiger charge is 2.31. The highest BCUT2D eigenvalue weighted by molar-refractivity contribution is 7.99. The molecule has 1 saturated carbocycles. The molecule has 6 heteroatoms. The number of rotatable bonds is 4. The van der Waals surface area contributed by atoms with E-state index in [9.17, 15) is 14.0 Å². The lowest BCUT2D eigenvalue weighted by molar-refractivity contribution is 0.0889. The summed E-state index contributed by atoms with van der Waals surface area (Å²) in [6, 6.07) is 19.6. The van der Waals surface area contributed by atoms with Gasteiger partial charge in [0.1, 0.15) is 5.82 Å². The number of amides is 2. The van der Waals surface area contributed by atoms with Crippen LogP contribution in [0.1, 0.15) is 59.4 Å². The van der Waals surface area contributed by atoms with Crippen molar-refractivity contribution in [3.63, 3.8) is 0 Å². The van der Waals surface area contributed by atoms with E-state index in [1.54, 1.807) is 35.2 Å². The maximum Gasteiger partial charge on any atom is 0.259 e. The highest BCUT2D eigenvalue weighted by Crippen LogP contribution is 2.42. The van der Waals surface area contributed by atoms with Crippen LogP contribution < -0.4 is 10.2 Å². The number of hydrogen-bond donors (Lipinski definition) is 1. The van der Waals surface area contributed by atoms with Crippen LogP contribution in [0, 0.1) is 17.7 Å². The molecule has 35 heavy (non-hydrogen) atoms. The van der Waals surface area contributed by atoms with Crippen molar-refractivity contribution in [2.45, 2.75) is 55.5 Å². The topological polar surface area (TPSA) is 49.4 Å². The van der Waals surface area contributed by atoms with Gasteiger partial charge in [0.25, 0.3) is 11.8 Å². The van der Waals surface area contributed by atoms with Gasteiger partial charge in [0.15, 0.2) is 0 Å². The molecule has 1 aliphatic heterocycles. The molecule has 1 aliphatic carbocycles. The summed E-state index contributed by atoms with van der Waals surface area (Å²) in [7, 11) is 0. The number of hydrogen-bond acceptors (Lipinski definition) is 3. The van der Waals surface area contributed by atoms with E-state index >= 15 is 0 Å². The van der Waals surface area contributed by atoms with Crippen LogP contribution in [0.5, 0.6) is 0 Å². The van der Waals surface area contributed by atoms with Gasteiger partial charge < -0.3 is 10.2 Å². The third-order valence-electron chi connectivity index (χ3n) is 7.40. The van der Waals surface area contributed by atoms with Gasteiger partial charge >= 0.3 is 0 Å². The van der Waals surface area contributed by atoms with Gasteiger partial charge in [-0.3, -0.25) is 9.59 Å². The smallest absolute Gasteiger partial charge is 0.259 e. The van der Waals surface area contributed by atoms with Crippen LogP contribution >= 0.6 is 11.8 Å². The maximum atomic E-state index is 14.6. The molecule has 1 fully saturated rings. The molecule has 5 rings (SSSR count). The first-order valence-corrected chi connectivity index (χ1v) is 13.0. The van der Waals surface area contributed by atoms with Gasteiger partial charge in [-0.1, -0.05) is 68.8 Å². The summed E-state index contributed by atoms with van der Waals surface area (Å²) in [4.78, 5) is 30.2. The van der Waals surface area contributed by atoms with E-state index in [4.69, 9.17) is 0 Å². The van der Waals surface area contributed by atoms with Crippen molar-refractivity contribution in [2.24, 2.45) is 11.8 Å². The molecule has 3 aromatic carbocycles. The predicted octanol–water partition coefficient (Wildman–Crippen LogP) is 6.69. The Morgan fingerprint density at radius 3 is 2.63 bits per heavy atom. The molecule has 1 heterocycles. The Morgan fingerprint density at radius 1 is 1.03 bits per heavy atom. The summed E-state index contributed by atoms with van der Waals surface area (Å²) in [5.41, 5.74) is 2.13. The molecule has 3 atom stereocenters. The maximum absolute atomic E-state index is 14.6. The minimum atomic E-state index is -0.360. The second-order valence-electron chi connectivity index (χ2n) is 9.61. The number of carbonyl (C=O) groups is 2. The van der Waals surface area contributed by atoms with E-state index in [0.29, 0.717) is 34.2 Å². The van der Waals surface area contributed by atoms with Gasteiger partial charge in [-0.15, -0.1) is 0 Å². The zero-order chi connectivity index (χ0) is 24.5. The van der Waals surface area contributed by atoms with Crippen molar-refractivity contribution in [3.8, 4) is 0 Å². The minimum Gasteiger partial charge on any atom is -0.349 e. The number of halogens is 1. The van der Waals surface area contributed by atoms with Crippen molar-refractivity contribution in [2.75, 3.05) is 4.90 Å². The molecule has 3 unspecified atom stereocenters. The van der Waals surface area contributed by atoms with E-state index in [2.05, 4.69) is 19.2 Å². The summed E-state index contributed by atoms with van der Waals surface area (Å²) in [6.07, 6.45) is 3.28. The van der Waals surface area contributed by atoms with Crippen LogP contribution in [0.25, 0.3) is 0 Å². The SMILES string of the molecule is CC1CCCC(NC(=O)c2ccc3c(c2)N(Cc2ccccc2F)C(=O)c2ccccc2S3)C1C. The van der Waals surface area contributed by atoms with E-state index in [1.165, 1.54) is 24.2 Å². The second-order valence-corrected chi connectivity index (χ2v) is 10.7. The fourth-order valence-electron chi connectivity index (χ4n) is 5.05. The van der Waals surface area contributed by atoms with Crippen LogP contribution in [-0.4, -0.2) is 17.9 Å². The average molecular weight is 489 g/mol. The first-order chi connectivity index (χ1) is 16.9. The highest BCUT2D eigenvalue weighted by atomic mass is 32.2. The van der Waals surface area contributed by atoms with E-state index in [-0.39, 0.29) is 30.2 Å². The van der Waals surface area contributed by atoms with Crippen LogP contribution in [-0.2, 0) is 6.54 Å². The van der Waals surface area contributed by atoms with Crippen molar-refractivity contribution < 1.29 is 14.0 Å². The lowest BCUT2D eigenvalue weighted by Crippen LogP contribution is -2.43. The standard InChI is InChI=1S/C29H29FN2O2S/c1-18-8-7-12-24(19(18)2)31-28(33)20-14-15-27-25(16-20)32(17-21-9-3-5-11-23(21)30)29(34)22-10-4-6-13-26(22)35-27/h3-6,9-11,13-16,18-19,24H,7-8,12,17H2,1-2H3,(H,31,33).